The van der Waals surface area contributed by atoms with Crippen LogP contribution in [0.4, 0.5) is 0 Å². The van der Waals surface area contributed by atoms with Gasteiger partial charge in [0, 0.05) is 16.6 Å². The molecule has 2 rings (SSSR count). The summed E-state index contributed by atoms with van der Waals surface area (Å²) in [6.45, 7) is 2.80. The van der Waals surface area contributed by atoms with E-state index in [2.05, 4.69) is 6.92 Å². The molecule has 0 fully saturated rings. The molecule has 0 radical (unpaired) electrons. The van der Waals surface area contributed by atoms with Crippen molar-refractivity contribution in [1.82, 2.24) is 0 Å². The van der Waals surface area contributed by atoms with Gasteiger partial charge in [-0.05, 0) is 36.6 Å². The van der Waals surface area contributed by atoms with Gasteiger partial charge in [0.2, 0.25) is 0 Å². The third-order valence-electron chi connectivity index (χ3n) is 3.12. The second-order valence-electron chi connectivity index (χ2n) is 4.83. The van der Waals surface area contributed by atoms with E-state index < -0.39 is 0 Å². The van der Waals surface area contributed by atoms with Gasteiger partial charge in [-0.2, -0.15) is 0 Å². The summed E-state index contributed by atoms with van der Waals surface area (Å²) >= 11 is 6.01. The number of hydrogen-bond acceptors (Lipinski definition) is 2. The van der Waals surface area contributed by atoms with Crippen molar-refractivity contribution in [3.8, 4) is 5.75 Å². The van der Waals surface area contributed by atoms with Crippen LogP contribution in [0, 0.1) is 0 Å². The Morgan fingerprint density at radius 2 is 1.95 bits per heavy atom. The number of benzene rings is 2. The Bertz CT molecular complexity index is 556. The number of ether oxygens (including phenoxy) is 1. The Hall–Kier alpha value is -1.51. The molecule has 0 aliphatic carbocycles. The van der Waals surface area contributed by atoms with Crippen LogP contribution in [0.25, 0.3) is 0 Å². The van der Waals surface area contributed by atoms with Crippen LogP contribution in [0.1, 0.15) is 30.5 Å². The highest BCUT2D eigenvalue weighted by molar-refractivity contribution is 6.30. The lowest BCUT2D eigenvalue weighted by molar-refractivity contribution is 0.312. The zero-order valence-electron chi connectivity index (χ0n) is 11.7. The normalized spacial score (nSPS) is 12.2. The first-order valence-corrected chi connectivity index (χ1v) is 7.30. The molecule has 2 aromatic carbocycles. The predicted octanol–water partition coefficient (Wildman–Crippen LogP) is 4.37. The Morgan fingerprint density at radius 1 is 1.15 bits per heavy atom. The van der Waals surface area contributed by atoms with Gasteiger partial charge in [0.15, 0.2) is 0 Å². The van der Waals surface area contributed by atoms with Crippen LogP contribution < -0.4 is 10.5 Å². The summed E-state index contributed by atoms with van der Waals surface area (Å²) in [7, 11) is 0. The highest BCUT2D eigenvalue weighted by atomic mass is 35.5. The van der Waals surface area contributed by atoms with E-state index in [0.29, 0.717) is 6.61 Å². The topological polar surface area (TPSA) is 35.2 Å². The summed E-state index contributed by atoms with van der Waals surface area (Å²) < 4.78 is 5.76. The van der Waals surface area contributed by atoms with Crippen LogP contribution in [0.5, 0.6) is 5.75 Å². The zero-order chi connectivity index (χ0) is 14.4. The first-order valence-electron chi connectivity index (χ1n) is 6.92. The molecular weight excluding hydrogens is 270 g/mol. The standard InChI is InChI=1S/C17H20ClNO/c1-2-10-20-17-9-4-3-8-15(17)16(19)12-13-6-5-7-14(18)11-13/h3-9,11,16H,2,10,12,19H2,1H3. The van der Waals surface area contributed by atoms with E-state index in [1.807, 2.05) is 48.5 Å². The maximum atomic E-state index is 6.33. The molecule has 0 spiro atoms. The molecule has 0 aromatic heterocycles. The fourth-order valence-electron chi connectivity index (χ4n) is 2.16. The van der Waals surface area contributed by atoms with E-state index in [-0.39, 0.29) is 6.04 Å². The quantitative estimate of drug-likeness (QED) is 0.857. The average molecular weight is 290 g/mol. The minimum absolute atomic E-state index is 0.0958. The average Bonchev–Trinajstić information content (AvgIpc) is 2.45. The number of nitrogens with two attached hydrogens (primary N) is 1. The molecule has 0 aliphatic rings. The summed E-state index contributed by atoms with van der Waals surface area (Å²) in [6, 6.07) is 15.7. The zero-order valence-corrected chi connectivity index (χ0v) is 12.4. The highest BCUT2D eigenvalue weighted by Crippen LogP contribution is 2.26. The van der Waals surface area contributed by atoms with Gasteiger partial charge in [0.1, 0.15) is 5.75 Å². The van der Waals surface area contributed by atoms with E-state index in [1.54, 1.807) is 0 Å². The van der Waals surface area contributed by atoms with Gasteiger partial charge in [-0.3, -0.25) is 0 Å². The Labute approximate surface area is 125 Å². The van der Waals surface area contributed by atoms with E-state index in [9.17, 15) is 0 Å². The number of para-hydroxylation sites is 1. The SMILES string of the molecule is CCCOc1ccccc1C(N)Cc1cccc(Cl)c1. The van der Waals surface area contributed by atoms with Crippen molar-refractivity contribution in [2.45, 2.75) is 25.8 Å². The van der Waals surface area contributed by atoms with Crippen molar-refractivity contribution in [2.75, 3.05) is 6.61 Å². The summed E-state index contributed by atoms with van der Waals surface area (Å²) in [6.07, 6.45) is 1.73. The lowest BCUT2D eigenvalue weighted by atomic mass is 9.99. The molecule has 1 atom stereocenters. The molecular formula is C17H20ClNO. The van der Waals surface area contributed by atoms with Gasteiger partial charge in [0.25, 0.3) is 0 Å². The Balaban J connectivity index is 2.14. The maximum absolute atomic E-state index is 6.33. The largest absolute Gasteiger partial charge is 0.493 e. The van der Waals surface area contributed by atoms with Crippen molar-refractivity contribution in [1.29, 1.82) is 0 Å². The third kappa shape index (κ3) is 3.99. The van der Waals surface area contributed by atoms with Crippen LogP contribution in [0.2, 0.25) is 5.02 Å². The summed E-state index contributed by atoms with van der Waals surface area (Å²) in [4.78, 5) is 0. The van der Waals surface area contributed by atoms with Gasteiger partial charge in [-0.25, -0.2) is 0 Å². The highest BCUT2D eigenvalue weighted by Gasteiger charge is 2.12. The molecule has 0 saturated carbocycles. The molecule has 1 unspecified atom stereocenters. The number of halogens is 1. The first kappa shape index (κ1) is 14.9. The summed E-state index contributed by atoms with van der Waals surface area (Å²) in [5.74, 6) is 0.879. The molecule has 2 nitrogen and oxygen atoms in total. The number of rotatable bonds is 6. The molecule has 20 heavy (non-hydrogen) atoms. The van der Waals surface area contributed by atoms with Gasteiger partial charge < -0.3 is 10.5 Å². The Morgan fingerprint density at radius 3 is 2.70 bits per heavy atom. The van der Waals surface area contributed by atoms with E-state index in [0.717, 1.165) is 34.7 Å². The second-order valence-corrected chi connectivity index (χ2v) is 5.26. The van der Waals surface area contributed by atoms with E-state index in [1.165, 1.54) is 0 Å². The Kier molecular flexibility index (Phi) is 5.45. The number of hydrogen-bond donors (Lipinski definition) is 1. The third-order valence-corrected chi connectivity index (χ3v) is 3.36. The predicted molar refractivity (Wildman–Crippen MR) is 84.3 cm³/mol. The summed E-state index contributed by atoms with van der Waals surface area (Å²) in [5.41, 5.74) is 8.50. The van der Waals surface area contributed by atoms with E-state index >= 15 is 0 Å². The second kappa shape index (κ2) is 7.32. The molecule has 106 valence electrons. The molecule has 0 amide bonds. The van der Waals surface area contributed by atoms with Crippen molar-refractivity contribution in [3.05, 3.63) is 64.7 Å². The molecule has 2 aromatic rings. The van der Waals surface area contributed by atoms with Gasteiger partial charge in [-0.15, -0.1) is 0 Å². The molecule has 2 N–H and O–H groups in total. The molecule has 0 aliphatic heterocycles. The maximum Gasteiger partial charge on any atom is 0.124 e. The minimum atomic E-state index is -0.0958. The van der Waals surface area contributed by atoms with Crippen LogP contribution in [0.3, 0.4) is 0 Å². The van der Waals surface area contributed by atoms with Crippen molar-refractivity contribution >= 4 is 11.6 Å². The van der Waals surface area contributed by atoms with E-state index in [4.69, 9.17) is 22.1 Å². The summed E-state index contributed by atoms with van der Waals surface area (Å²) in [5, 5.41) is 0.741. The van der Waals surface area contributed by atoms with Gasteiger partial charge in [-0.1, -0.05) is 48.9 Å². The van der Waals surface area contributed by atoms with Gasteiger partial charge in [0.05, 0.1) is 6.61 Å². The van der Waals surface area contributed by atoms with Crippen molar-refractivity contribution in [3.63, 3.8) is 0 Å². The van der Waals surface area contributed by atoms with Crippen LogP contribution in [-0.4, -0.2) is 6.61 Å². The molecule has 0 heterocycles. The van der Waals surface area contributed by atoms with Crippen LogP contribution in [-0.2, 0) is 6.42 Å². The lowest BCUT2D eigenvalue weighted by Crippen LogP contribution is -2.15. The molecule has 3 heteroatoms. The van der Waals surface area contributed by atoms with Crippen molar-refractivity contribution in [2.24, 2.45) is 5.73 Å². The molecule has 0 saturated heterocycles. The monoisotopic (exact) mass is 289 g/mol. The van der Waals surface area contributed by atoms with Crippen molar-refractivity contribution < 1.29 is 4.74 Å². The van der Waals surface area contributed by atoms with Gasteiger partial charge >= 0.3 is 0 Å². The van der Waals surface area contributed by atoms with Crippen LogP contribution >= 0.6 is 11.6 Å². The lowest BCUT2D eigenvalue weighted by Gasteiger charge is -2.17. The fourth-order valence-corrected chi connectivity index (χ4v) is 2.37. The van der Waals surface area contributed by atoms with Crippen LogP contribution in [0.15, 0.2) is 48.5 Å². The smallest absolute Gasteiger partial charge is 0.124 e. The fraction of sp³-hybridized carbons (Fsp3) is 0.294. The first-order chi connectivity index (χ1) is 9.70. The minimum Gasteiger partial charge on any atom is -0.493 e. The molecule has 0 bridgehead atoms.